The molecule has 4 rings (SSSR count). The number of nitrogen functional groups attached to an aromatic ring is 1. The van der Waals surface area contributed by atoms with Crippen molar-refractivity contribution >= 4 is 26.6 Å². The topological polar surface area (TPSA) is 98.8 Å². The Hall–Kier alpha value is -3.32. The van der Waals surface area contributed by atoms with Crippen LogP contribution >= 0.6 is 0 Å². The summed E-state index contributed by atoms with van der Waals surface area (Å²) in [6, 6.07) is 11.3. The zero-order valence-electron chi connectivity index (χ0n) is 16.3. The van der Waals surface area contributed by atoms with E-state index < -0.39 is 9.84 Å². The third-order valence-electron chi connectivity index (χ3n) is 4.81. The van der Waals surface area contributed by atoms with Crippen LogP contribution in [0.3, 0.4) is 0 Å². The highest BCUT2D eigenvalue weighted by atomic mass is 32.2. The first-order valence-corrected chi connectivity index (χ1v) is 10.9. The Bertz CT molecular complexity index is 1360. The van der Waals surface area contributed by atoms with Gasteiger partial charge in [-0.05, 0) is 43.2 Å². The summed E-state index contributed by atoms with van der Waals surface area (Å²) < 4.78 is 24.4. The molecule has 0 saturated heterocycles. The smallest absolute Gasteiger partial charge is 0.176 e. The van der Waals surface area contributed by atoms with Gasteiger partial charge in [0.15, 0.2) is 9.84 Å². The zero-order valence-corrected chi connectivity index (χ0v) is 17.2. The number of fused-ring (bicyclic) bond motifs is 1. The van der Waals surface area contributed by atoms with Crippen molar-refractivity contribution < 1.29 is 8.42 Å². The third-order valence-corrected chi connectivity index (χ3v) is 5.96. The molecule has 2 heterocycles. The number of nitrogens with two attached hydrogens (primary N) is 1. The number of nitrogens with zero attached hydrogens (tertiary/aromatic N) is 3. The molecule has 0 spiro atoms. The van der Waals surface area contributed by atoms with Crippen LogP contribution in [0.4, 0.5) is 5.69 Å². The first-order chi connectivity index (χ1) is 13.7. The van der Waals surface area contributed by atoms with Crippen molar-refractivity contribution in [1.82, 2.24) is 15.0 Å². The first kappa shape index (κ1) is 19.0. The van der Waals surface area contributed by atoms with Crippen molar-refractivity contribution in [2.24, 2.45) is 0 Å². The lowest BCUT2D eigenvalue weighted by Gasteiger charge is -2.13. The summed E-state index contributed by atoms with van der Waals surface area (Å²) >= 11 is 0. The van der Waals surface area contributed by atoms with Crippen molar-refractivity contribution in [2.45, 2.75) is 18.7 Å². The van der Waals surface area contributed by atoms with E-state index in [1.165, 1.54) is 24.7 Å². The molecule has 0 aliphatic heterocycles. The number of hydrogen-bond donors (Lipinski definition) is 1. The number of benzene rings is 2. The van der Waals surface area contributed by atoms with E-state index in [0.717, 1.165) is 22.3 Å². The molecule has 0 bridgehead atoms. The van der Waals surface area contributed by atoms with Crippen LogP contribution in [0.5, 0.6) is 0 Å². The van der Waals surface area contributed by atoms with Gasteiger partial charge in [-0.25, -0.2) is 13.4 Å². The monoisotopic (exact) mass is 404 g/mol. The van der Waals surface area contributed by atoms with Crippen LogP contribution < -0.4 is 5.73 Å². The Morgan fingerprint density at radius 3 is 2.48 bits per heavy atom. The van der Waals surface area contributed by atoms with Crippen LogP contribution in [-0.2, 0) is 9.84 Å². The fraction of sp³-hybridized carbons (Fsp3) is 0.136. The van der Waals surface area contributed by atoms with Crippen LogP contribution in [0, 0.1) is 13.8 Å². The lowest BCUT2D eigenvalue weighted by Crippen LogP contribution is -2.02. The average Bonchev–Trinajstić information content (AvgIpc) is 2.68. The van der Waals surface area contributed by atoms with E-state index in [9.17, 15) is 8.42 Å². The Morgan fingerprint density at radius 1 is 0.931 bits per heavy atom. The minimum atomic E-state index is -3.44. The number of pyridine rings is 1. The van der Waals surface area contributed by atoms with Gasteiger partial charge in [0.1, 0.15) is 0 Å². The molecule has 146 valence electrons. The predicted octanol–water partition coefficient (Wildman–Crippen LogP) is 3.96. The van der Waals surface area contributed by atoms with Gasteiger partial charge in [0.25, 0.3) is 0 Å². The standard InChI is InChI=1S/C22H20N4O2S/c1-13-4-5-14(2)16(8-13)17-9-15(23)10-19-22(17)26-20(12-25-19)18-11-24-7-6-21(18)29(3,27)28/h4-12H,23H2,1-3H3. The number of sulfone groups is 1. The van der Waals surface area contributed by atoms with Crippen molar-refractivity contribution in [1.29, 1.82) is 0 Å². The van der Waals surface area contributed by atoms with Gasteiger partial charge in [-0.1, -0.05) is 23.8 Å². The Balaban J connectivity index is 2.03. The van der Waals surface area contributed by atoms with Crippen molar-refractivity contribution in [2.75, 3.05) is 12.0 Å². The summed E-state index contributed by atoms with van der Waals surface area (Å²) in [4.78, 5) is 13.6. The number of anilines is 1. The molecule has 0 aliphatic carbocycles. The Labute approximate surface area is 169 Å². The van der Waals surface area contributed by atoms with Crippen LogP contribution in [0.25, 0.3) is 33.4 Å². The largest absolute Gasteiger partial charge is 0.399 e. The van der Waals surface area contributed by atoms with E-state index in [1.54, 1.807) is 12.3 Å². The summed E-state index contributed by atoms with van der Waals surface area (Å²) in [6.45, 7) is 4.06. The number of rotatable bonds is 3. The fourth-order valence-electron chi connectivity index (χ4n) is 3.40. The SMILES string of the molecule is Cc1ccc(C)c(-c2cc(N)cc3ncc(-c4cnccc4S(C)(=O)=O)nc23)c1. The highest BCUT2D eigenvalue weighted by Crippen LogP contribution is 2.34. The summed E-state index contributed by atoms with van der Waals surface area (Å²) in [5.41, 5.74) is 13.0. The fourth-order valence-corrected chi connectivity index (χ4v) is 4.26. The maximum absolute atomic E-state index is 12.2. The highest BCUT2D eigenvalue weighted by molar-refractivity contribution is 7.90. The maximum Gasteiger partial charge on any atom is 0.176 e. The summed E-state index contributed by atoms with van der Waals surface area (Å²) in [5, 5.41) is 0. The average molecular weight is 404 g/mol. The van der Waals surface area contributed by atoms with Crippen LogP contribution in [0.1, 0.15) is 11.1 Å². The maximum atomic E-state index is 12.2. The van der Waals surface area contributed by atoms with Crippen LogP contribution in [0.15, 0.2) is 59.9 Å². The van der Waals surface area contributed by atoms with E-state index in [4.69, 9.17) is 10.7 Å². The second-order valence-corrected chi connectivity index (χ2v) is 9.14. The minimum Gasteiger partial charge on any atom is -0.399 e. The molecular weight excluding hydrogens is 384 g/mol. The van der Waals surface area contributed by atoms with Gasteiger partial charge >= 0.3 is 0 Å². The predicted molar refractivity (Wildman–Crippen MR) is 115 cm³/mol. The van der Waals surface area contributed by atoms with Gasteiger partial charge in [-0.15, -0.1) is 0 Å². The quantitative estimate of drug-likeness (QED) is 0.519. The molecule has 0 radical (unpaired) electrons. The van der Waals surface area contributed by atoms with Crippen LogP contribution in [-0.4, -0.2) is 29.6 Å². The molecule has 0 fully saturated rings. The molecule has 0 amide bonds. The second-order valence-electron chi connectivity index (χ2n) is 7.15. The molecule has 2 aromatic carbocycles. The number of aryl methyl sites for hydroxylation is 2. The molecule has 7 heteroatoms. The minimum absolute atomic E-state index is 0.171. The van der Waals surface area contributed by atoms with Gasteiger partial charge in [-0.3, -0.25) is 9.97 Å². The lowest BCUT2D eigenvalue weighted by atomic mass is 9.96. The van der Waals surface area contributed by atoms with E-state index in [1.807, 2.05) is 19.9 Å². The third kappa shape index (κ3) is 3.56. The summed E-state index contributed by atoms with van der Waals surface area (Å²) in [6.07, 6.45) is 5.68. The zero-order chi connectivity index (χ0) is 20.8. The van der Waals surface area contributed by atoms with Gasteiger partial charge in [-0.2, -0.15) is 0 Å². The molecule has 4 aromatic rings. The number of hydrogen-bond acceptors (Lipinski definition) is 6. The first-order valence-electron chi connectivity index (χ1n) is 9.02. The molecule has 0 saturated carbocycles. The molecule has 6 nitrogen and oxygen atoms in total. The molecular formula is C22H20N4O2S. The van der Waals surface area contributed by atoms with E-state index in [2.05, 4.69) is 28.2 Å². The molecule has 0 atom stereocenters. The molecule has 29 heavy (non-hydrogen) atoms. The van der Waals surface area contributed by atoms with E-state index in [0.29, 0.717) is 28.0 Å². The van der Waals surface area contributed by atoms with E-state index >= 15 is 0 Å². The normalized spacial score (nSPS) is 11.7. The molecule has 0 unspecified atom stereocenters. The molecule has 0 aliphatic rings. The second kappa shape index (κ2) is 6.93. The lowest BCUT2D eigenvalue weighted by molar-refractivity contribution is 0.602. The van der Waals surface area contributed by atoms with Gasteiger partial charge in [0.2, 0.25) is 0 Å². The van der Waals surface area contributed by atoms with Crippen molar-refractivity contribution in [3.8, 4) is 22.4 Å². The Kier molecular flexibility index (Phi) is 4.55. The van der Waals surface area contributed by atoms with Gasteiger partial charge in [0.05, 0.1) is 27.8 Å². The summed E-state index contributed by atoms with van der Waals surface area (Å²) in [7, 11) is -3.44. The van der Waals surface area contributed by atoms with Crippen LogP contribution in [0.2, 0.25) is 0 Å². The van der Waals surface area contributed by atoms with Gasteiger partial charge < -0.3 is 5.73 Å². The summed E-state index contributed by atoms with van der Waals surface area (Å²) in [5.74, 6) is 0. The number of aromatic nitrogens is 3. The molecule has 2 aromatic heterocycles. The highest BCUT2D eigenvalue weighted by Gasteiger charge is 2.18. The van der Waals surface area contributed by atoms with Gasteiger partial charge in [0, 0.05) is 35.5 Å². The van der Waals surface area contributed by atoms with Crippen molar-refractivity contribution in [3.63, 3.8) is 0 Å². The Morgan fingerprint density at radius 2 is 1.72 bits per heavy atom. The van der Waals surface area contributed by atoms with E-state index in [-0.39, 0.29) is 4.90 Å². The molecule has 2 N–H and O–H groups in total. The van der Waals surface area contributed by atoms with Crippen molar-refractivity contribution in [3.05, 3.63) is 66.1 Å².